The molecule has 122 valence electrons. The van der Waals surface area contributed by atoms with Crippen LogP contribution in [-0.4, -0.2) is 11.0 Å². The fraction of sp³-hybridized carbons (Fsp3) is 0.111. The summed E-state index contributed by atoms with van der Waals surface area (Å²) >= 11 is 3.31. The summed E-state index contributed by atoms with van der Waals surface area (Å²) in [4.78, 5) is 15.9. The third-order valence-corrected chi connectivity index (χ3v) is 3.81. The van der Waals surface area contributed by atoms with Gasteiger partial charge in [-0.25, -0.2) is 9.37 Å². The highest BCUT2D eigenvalue weighted by Crippen LogP contribution is 2.23. The summed E-state index contributed by atoms with van der Waals surface area (Å²) in [6.07, 6.45) is 1.85. The zero-order valence-corrected chi connectivity index (χ0v) is 14.1. The lowest BCUT2D eigenvalue weighted by Gasteiger charge is -2.03. The molecule has 0 bridgehead atoms. The van der Waals surface area contributed by atoms with Crippen LogP contribution in [0.5, 0.6) is 5.75 Å². The van der Waals surface area contributed by atoms with Crippen LogP contribution in [0.2, 0.25) is 0 Å². The third kappa shape index (κ3) is 4.08. The first-order valence-electron chi connectivity index (χ1n) is 7.27. The van der Waals surface area contributed by atoms with Crippen molar-refractivity contribution in [3.8, 4) is 17.1 Å². The molecule has 6 heteroatoms. The highest BCUT2D eigenvalue weighted by molar-refractivity contribution is 9.10. The van der Waals surface area contributed by atoms with Gasteiger partial charge in [-0.2, -0.15) is 0 Å². The van der Waals surface area contributed by atoms with Gasteiger partial charge in [0.05, 0.1) is 18.2 Å². The van der Waals surface area contributed by atoms with Gasteiger partial charge in [-0.1, -0.05) is 28.1 Å². The van der Waals surface area contributed by atoms with Gasteiger partial charge in [-0.3, -0.25) is 4.79 Å². The summed E-state index contributed by atoms with van der Waals surface area (Å²) in [7, 11) is 0. The van der Waals surface area contributed by atoms with Crippen molar-refractivity contribution in [1.29, 1.82) is 0 Å². The van der Waals surface area contributed by atoms with E-state index in [2.05, 4.69) is 20.9 Å². The summed E-state index contributed by atoms with van der Waals surface area (Å²) in [5.41, 5.74) is 0.341. The summed E-state index contributed by atoms with van der Waals surface area (Å²) in [6.45, 7) is 0. The molecule has 0 radical (unpaired) electrons. The Morgan fingerprint density at radius 2 is 1.92 bits per heavy atom. The molecule has 4 nitrogen and oxygen atoms in total. The SMILES string of the molecule is O=C(CCc1ncc(-c2ccccc2F)o1)Oc1ccc(Br)cc1. The summed E-state index contributed by atoms with van der Waals surface area (Å²) < 4.78 is 25.3. The number of carbonyl (C=O) groups excluding carboxylic acids is 1. The minimum Gasteiger partial charge on any atom is -0.441 e. The van der Waals surface area contributed by atoms with E-state index in [1.165, 1.54) is 12.3 Å². The molecule has 0 saturated heterocycles. The highest BCUT2D eigenvalue weighted by atomic mass is 79.9. The largest absolute Gasteiger partial charge is 0.441 e. The molecular formula is C18H13BrFNO3. The number of oxazole rings is 1. The first-order chi connectivity index (χ1) is 11.6. The van der Waals surface area contributed by atoms with Gasteiger partial charge in [-0.15, -0.1) is 0 Å². The number of esters is 1. The lowest BCUT2D eigenvalue weighted by molar-refractivity contribution is -0.134. The van der Waals surface area contributed by atoms with Gasteiger partial charge in [0.1, 0.15) is 11.6 Å². The zero-order chi connectivity index (χ0) is 16.9. The molecule has 0 N–H and O–H groups in total. The minimum atomic E-state index is -0.386. The Bertz CT molecular complexity index is 845. The maximum Gasteiger partial charge on any atom is 0.311 e. The number of ether oxygens (including phenoxy) is 1. The van der Waals surface area contributed by atoms with E-state index in [1.54, 1.807) is 42.5 Å². The van der Waals surface area contributed by atoms with Crippen LogP contribution in [0.3, 0.4) is 0 Å². The topological polar surface area (TPSA) is 52.3 Å². The Morgan fingerprint density at radius 1 is 1.17 bits per heavy atom. The standard InChI is InChI=1S/C18H13BrFNO3/c19-12-5-7-13(8-6-12)23-18(22)10-9-17-21-11-16(24-17)14-3-1-2-4-15(14)20/h1-8,11H,9-10H2. The van der Waals surface area contributed by atoms with Crippen molar-refractivity contribution in [3.63, 3.8) is 0 Å². The fourth-order valence-electron chi connectivity index (χ4n) is 2.11. The smallest absolute Gasteiger partial charge is 0.311 e. The van der Waals surface area contributed by atoms with E-state index >= 15 is 0 Å². The molecule has 24 heavy (non-hydrogen) atoms. The lowest BCUT2D eigenvalue weighted by Crippen LogP contribution is -2.09. The Balaban J connectivity index is 1.58. The Labute approximate surface area is 146 Å². The molecule has 0 amide bonds. The second-order valence-corrected chi connectivity index (χ2v) is 5.94. The van der Waals surface area contributed by atoms with Crippen molar-refractivity contribution in [2.24, 2.45) is 0 Å². The molecule has 3 aromatic rings. The van der Waals surface area contributed by atoms with Crippen molar-refractivity contribution in [1.82, 2.24) is 4.98 Å². The van der Waals surface area contributed by atoms with Crippen LogP contribution in [0.15, 0.2) is 63.6 Å². The molecule has 0 atom stereocenters. The predicted molar refractivity (Wildman–Crippen MR) is 90.0 cm³/mol. The number of rotatable bonds is 5. The molecule has 2 aromatic carbocycles. The van der Waals surface area contributed by atoms with Crippen molar-refractivity contribution in [3.05, 3.63) is 70.9 Å². The Morgan fingerprint density at radius 3 is 2.67 bits per heavy atom. The number of hydrogen-bond acceptors (Lipinski definition) is 4. The Kier molecular flexibility index (Phi) is 5.05. The van der Waals surface area contributed by atoms with E-state index in [4.69, 9.17) is 9.15 Å². The van der Waals surface area contributed by atoms with Gasteiger partial charge in [0.2, 0.25) is 0 Å². The van der Waals surface area contributed by atoms with Crippen molar-refractivity contribution < 1.29 is 18.3 Å². The predicted octanol–water partition coefficient (Wildman–Crippen LogP) is 4.78. The van der Waals surface area contributed by atoms with Gasteiger partial charge in [0, 0.05) is 10.9 Å². The van der Waals surface area contributed by atoms with Crippen LogP contribution in [0, 0.1) is 5.82 Å². The number of hydrogen-bond donors (Lipinski definition) is 0. The molecule has 0 unspecified atom stereocenters. The third-order valence-electron chi connectivity index (χ3n) is 3.28. The van der Waals surface area contributed by atoms with Crippen LogP contribution in [0.25, 0.3) is 11.3 Å². The Hall–Kier alpha value is -2.47. The van der Waals surface area contributed by atoms with E-state index in [0.29, 0.717) is 23.0 Å². The lowest BCUT2D eigenvalue weighted by atomic mass is 10.2. The number of nitrogens with zero attached hydrogens (tertiary/aromatic N) is 1. The van der Waals surface area contributed by atoms with E-state index < -0.39 is 0 Å². The second kappa shape index (κ2) is 7.40. The van der Waals surface area contributed by atoms with Gasteiger partial charge < -0.3 is 9.15 Å². The molecule has 0 fully saturated rings. The normalized spacial score (nSPS) is 10.6. The van der Waals surface area contributed by atoms with E-state index in [9.17, 15) is 9.18 Å². The number of aryl methyl sites for hydroxylation is 1. The fourth-order valence-corrected chi connectivity index (χ4v) is 2.37. The molecule has 0 aliphatic rings. The number of benzene rings is 2. The van der Waals surface area contributed by atoms with Gasteiger partial charge in [0.15, 0.2) is 11.7 Å². The molecule has 3 rings (SSSR count). The highest BCUT2D eigenvalue weighted by Gasteiger charge is 2.12. The number of halogens is 2. The van der Waals surface area contributed by atoms with Crippen LogP contribution < -0.4 is 4.74 Å². The zero-order valence-electron chi connectivity index (χ0n) is 12.5. The molecule has 1 heterocycles. The number of aromatic nitrogens is 1. The van der Waals surface area contributed by atoms with Crippen LogP contribution in [-0.2, 0) is 11.2 Å². The summed E-state index contributed by atoms with van der Waals surface area (Å²) in [5, 5.41) is 0. The minimum absolute atomic E-state index is 0.118. The van der Waals surface area contributed by atoms with Crippen molar-refractivity contribution in [2.75, 3.05) is 0 Å². The summed E-state index contributed by atoms with van der Waals surface area (Å²) in [6, 6.07) is 13.3. The van der Waals surface area contributed by atoms with E-state index in [-0.39, 0.29) is 24.6 Å². The molecule has 0 spiro atoms. The number of carbonyl (C=O) groups is 1. The summed E-state index contributed by atoms with van der Waals surface area (Å²) in [5.74, 6) is 0.408. The molecule has 1 aromatic heterocycles. The van der Waals surface area contributed by atoms with Crippen LogP contribution in [0.1, 0.15) is 12.3 Å². The van der Waals surface area contributed by atoms with Gasteiger partial charge in [-0.05, 0) is 36.4 Å². The van der Waals surface area contributed by atoms with Crippen molar-refractivity contribution >= 4 is 21.9 Å². The molecular weight excluding hydrogens is 377 g/mol. The van der Waals surface area contributed by atoms with Gasteiger partial charge >= 0.3 is 5.97 Å². The molecule has 0 aliphatic heterocycles. The average molecular weight is 390 g/mol. The molecule has 0 aliphatic carbocycles. The first kappa shape index (κ1) is 16.4. The van der Waals surface area contributed by atoms with E-state index in [0.717, 1.165) is 4.47 Å². The van der Waals surface area contributed by atoms with Gasteiger partial charge in [0.25, 0.3) is 0 Å². The molecule has 0 saturated carbocycles. The van der Waals surface area contributed by atoms with Crippen molar-refractivity contribution in [2.45, 2.75) is 12.8 Å². The average Bonchev–Trinajstić information content (AvgIpc) is 3.04. The second-order valence-electron chi connectivity index (χ2n) is 5.03. The maximum atomic E-state index is 13.7. The van der Waals surface area contributed by atoms with E-state index in [1.807, 2.05) is 0 Å². The van der Waals surface area contributed by atoms with Crippen LogP contribution >= 0.6 is 15.9 Å². The quantitative estimate of drug-likeness (QED) is 0.465. The van der Waals surface area contributed by atoms with Crippen LogP contribution in [0.4, 0.5) is 4.39 Å². The first-order valence-corrected chi connectivity index (χ1v) is 8.07. The monoisotopic (exact) mass is 389 g/mol. The maximum absolute atomic E-state index is 13.7.